The number of aryl methyl sites for hydroxylation is 1. The van der Waals surface area contributed by atoms with Gasteiger partial charge in [-0.1, -0.05) is 6.07 Å². The molecule has 0 aliphatic heterocycles. The van der Waals surface area contributed by atoms with Crippen molar-refractivity contribution in [1.82, 2.24) is 4.98 Å². The summed E-state index contributed by atoms with van der Waals surface area (Å²) >= 11 is 3.37. The van der Waals surface area contributed by atoms with Crippen molar-refractivity contribution in [2.75, 3.05) is 5.32 Å². The molecule has 88 valence electrons. The summed E-state index contributed by atoms with van der Waals surface area (Å²) in [6, 6.07) is 8.47. The average Bonchev–Trinajstić information content (AvgIpc) is 2.32. The lowest BCUT2D eigenvalue weighted by Gasteiger charge is -2.09. The molecule has 1 aromatic heterocycles. The molecule has 17 heavy (non-hydrogen) atoms. The lowest BCUT2D eigenvalue weighted by atomic mass is 10.2. The van der Waals surface area contributed by atoms with Crippen LogP contribution in [-0.4, -0.2) is 4.98 Å². The standard InChI is InChI=1S/C13H12BrFN2/c1-9-3-2-6-16-13(9)8-17-12-7-10(15)4-5-11(12)14/h2-7,17H,8H2,1H3. The van der Waals surface area contributed by atoms with Gasteiger partial charge < -0.3 is 5.32 Å². The molecule has 4 heteroatoms. The second-order valence-corrected chi connectivity index (χ2v) is 4.60. The van der Waals surface area contributed by atoms with Gasteiger partial charge in [0.05, 0.1) is 17.9 Å². The van der Waals surface area contributed by atoms with Crippen LogP contribution in [0.5, 0.6) is 0 Å². The van der Waals surface area contributed by atoms with Gasteiger partial charge >= 0.3 is 0 Å². The smallest absolute Gasteiger partial charge is 0.125 e. The van der Waals surface area contributed by atoms with Gasteiger partial charge in [-0.3, -0.25) is 4.98 Å². The first-order valence-electron chi connectivity index (χ1n) is 5.26. The van der Waals surface area contributed by atoms with E-state index in [1.54, 1.807) is 12.3 Å². The third kappa shape index (κ3) is 3.03. The number of anilines is 1. The van der Waals surface area contributed by atoms with E-state index in [2.05, 4.69) is 26.2 Å². The Morgan fingerprint density at radius 3 is 2.94 bits per heavy atom. The molecule has 0 amide bonds. The van der Waals surface area contributed by atoms with Gasteiger partial charge in [0.15, 0.2) is 0 Å². The maximum absolute atomic E-state index is 13.1. The Hall–Kier alpha value is -1.42. The highest BCUT2D eigenvalue weighted by molar-refractivity contribution is 9.10. The van der Waals surface area contributed by atoms with Crippen LogP contribution in [0.4, 0.5) is 10.1 Å². The van der Waals surface area contributed by atoms with Crippen molar-refractivity contribution in [3.63, 3.8) is 0 Å². The zero-order valence-corrected chi connectivity index (χ0v) is 11.0. The van der Waals surface area contributed by atoms with Gasteiger partial charge in [-0.05, 0) is 52.7 Å². The van der Waals surface area contributed by atoms with Crippen LogP contribution in [0.2, 0.25) is 0 Å². The van der Waals surface area contributed by atoms with Gasteiger partial charge in [-0.15, -0.1) is 0 Å². The predicted octanol–water partition coefficient (Wildman–Crippen LogP) is 3.90. The van der Waals surface area contributed by atoms with E-state index >= 15 is 0 Å². The van der Waals surface area contributed by atoms with E-state index in [1.165, 1.54) is 12.1 Å². The molecule has 1 aromatic carbocycles. The van der Waals surface area contributed by atoms with Gasteiger partial charge in [-0.25, -0.2) is 4.39 Å². The summed E-state index contributed by atoms with van der Waals surface area (Å²) in [6.45, 7) is 2.58. The Labute approximate surface area is 108 Å². The minimum atomic E-state index is -0.256. The lowest BCUT2D eigenvalue weighted by molar-refractivity contribution is 0.628. The normalized spacial score (nSPS) is 10.3. The van der Waals surface area contributed by atoms with Crippen LogP contribution in [0.25, 0.3) is 0 Å². The van der Waals surface area contributed by atoms with E-state index in [4.69, 9.17) is 0 Å². The SMILES string of the molecule is Cc1cccnc1CNc1cc(F)ccc1Br. The van der Waals surface area contributed by atoms with E-state index < -0.39 is 0 Å². The fourth-order valence-corrected chi connectivity index (χ4v) is 1.90. The van der Waals surface area contributed by atoms with E-state index in [9.17, 15) is 4.39 Å². The molecule has 0 aliphatic rings. The summed E-state index contributed by atoms with van der Waals surface area (Å²) in [5.41, 5.74) is 2.81. The average molecular weight is 295 g/mol. The number of halogens is 2. The van der Waals surface area contributed by atoms with E-state index in [-0.39, 0.29) is 5.82 Å². The zero-order valence-electron chi connectivity index (χ0n) is 9.37. The molecule has 0 saturated carbocycles. The first-order chi connectivity index (χ1) is 8.16. The van der Waals surface area contributed by atoms with Crippen LogP contribution < -0.4 is 5.32 Å². The molecular weight excluding hydrogens is 283 g/mol. The maximum atomic E-state index is 13.1. The summed E-state index contributed by atoms with van der Waals surface area (Å²) in [5, 5.41) is 3.16. The Bertz CT molecular complexity index is 529. The number of nitrogens with one attached hydrogen (secondary N) is 1. The second kappa shape index (κ2) is 5.27. The highest BCUT2D eigenvalue weighted by Gasteiger charge is 2.03. The monoisotopic (exact) mass is 294 g/mol. The van der Waals surface area contributed by atoms with Crippen LogP contribution >= 0.6 is 15.9 Å². The number of pyridine rings is 1. The number of rotatable bonds is 3. The molecular formula is C13H12BrFN2. The van der Waals surface area contributed by atoms with Crippen LogP contribution in [0.1, 0.15) is 11.3 Å². The second-order valence-electron chi connectivity index (χ2n) is 3.74. The number of aromatic nitrogens is 1. The molecule has 1 N–H and O–H groups in total. The number of benzene rings is 1. The van der Waals surface area contributed by atoms with Crippen molar-refractivity contribution in [1.29, 1.82) is 0 Å². The van der Waals surface area contributed by atoms with Crippen molar-refractivity contribution in [2.45, 2.75) is 13.5 Å². The summed E-state index contributed by atoms with van der Waals surface area (Å²) in [6.07, 6.45) is 1.75. The maximum Gasteiger partial charge on any atom is 0.125 e. The molecule has 1 heterocycles. The third-order valence-corrected chi connectivity index (χ3v) is 3.18. The molecule has 2 rings (SSSR count). The Morgan fingerprint density at radius 1 is 1.35 bits per heavy atom. The molecule has 0 bridgehead atoms. The van der Waals surface area contributed by atoms with Crippen molar-refractivity contribution >= 4 is 21.6 Å². The van der Waals surface area contributed by atoms with Gasteiger partial charge in [-0.2, -0.15) is 0 Å². The van der Waals surface area contributed by atoms with Gasteiger partial charge in [0.2, 0.25) is 0 Å². The number of hydrogen-bond donors (Lipinski definition) is 1. The number of hydrogen-bond acceptors (Lipinski definition) is 2. The van der Waals surface area contributed by atoms with E-state index in [0.29, 0.717) is 6.54 Å². The first-order valence-corrected chi connectivity index (χ1v) is 6.05. The Morgan fingerprint density at radius 2 is 2.18 bits per heavy atom. The summed E-state index contributed by atoms with van der Waals surface area (Å²) in [5.74, 6) is -0.256. The van der Waals surface area contributed by atoms with Crippen molar-refractivity contribution in [2.24, 2.45) is 0 Å². The summed E-state index contributed by atoms with van der Waals surface area (Å²) < 4.78 is 13.9. The van der Waals surface area contributed by atoms with E-state index in [1.807, 2.05) is 19.1 Å². The fourth-order valence-electron chi connectivity index (χ4n) is 1.52. The largest absolute Gasteiger partial charge is 0.378 e. The molecule has 0 atom stereocenters. The number of nitrogens with zero attached hydrogens (tertiary/aromatic N) is 1. The Kier molecular flexibility index (Phi) is 3.74. The van der Waals surface area contributed by atoms with Crippen molar-refractivity contribution in [3.05, 3.63) is 58.1 Å². The van der Waals surface area contributed by atoms with Crippen molar-refractivity contribution < 1.29 is 4.39 Å². The van der Waals surface area contributed by atoms with Gasteiger partial charge in [0, 0.05) is 10.7 Å². The quantitative estimate of drug-likeness (QED) is 0.928. The zero-order chi connectivity index (χ0) is 12.3. The molecule has 0 spiro atoms. The van der Waals surface area contributed by atoms with Crippen LogP contribution in [-0.2, 0) is 6.54 Å². The highest BCUT2D eigenvalue weighted by atomic mass is 79.9. The minimum absolute atomic E-state index is 0.256. The molecule has 0 fully saturated rings. The van der Waals surface area contributed by atoms with Crippen molar-refractivity contribution in [3.8, 4) is 0 Å². The molecule has 0 radical (unpaired) electrons. The predicted molar refractivity (Wildman–Crippen MR) is 70.4 cm³/mol. The van der Waals surface area contributed by atoms with E-state index in [0.717, 1.165) is 21.4 Å². The van der Waals surface area contributed by atoms with Crippen LogP contribution in [0.3, 0.4) is 0 Å². The fraction of sp³-hybridized carbons (Fsp3) is 0.154. The van der Waals surface area contributed by atoms with Gasteiger partial charge in [0.1, 0.15) is 5.82 Å². The van der Waals surface area contributed by atoms with Crippen LogP contribution in [0.15, 0.2) is 41.0 Å². The van der Waals surface area contributed by atoms with Crippen LogP contribution in [0, 0.1) is 12.7 Å². The first kappa shape index (κ1) is 12.0. The molecule has 2 nitrogen and oxygen atoms in total. The van der Waals surface area contributed by atoms with Gasteiger partial charge in [0.25, 0.3) is 0 Å². The molecule has 0 unspecified atom stereocenters. The highest BCUT2D eigenvalue weighted by Crippen LogP contribution is 2.23. The molecule has 0 aliphatic carbocycles. The summed E-state index contributed by atoms with van der Waals surface area (Å²) in [7, 11) is 0. The lowest BCUT2D eigenvalue weighted by Crippen LogP contribution is -2.04. The minimum Gasteiger partial charge on any atom is -0.378 e. The topological polar surface area (TPSA) is 24.9 Å². The Balaban J connectivity index is 2.12. The molecule has 0 saturated heterocycles. The third-order valence-electron chi connectivity index (χ3n) is 2.49. The molecule has 2 aromatic rings. The summed E-state index contributed by atoms with van der Waals surface area (Å²) in [4.78, 5) is 4.27.